The number of hydrogen-bond donors (Lipinski definition) is 3. The summed E-state index contributed by atoms with van der Waals surface area (Å²) in [6.07, 6.45) is 89.5. The van der Waals surface area contributed by atoms with Gasteiger partial charge in [0.05, 0.1) is 32.8 Å². The number of allylic oxidation sites excluding steroid dienone is 27. The molecule has 104 heavy (non-hydrogen) atoms. The highest BCUT2D eigenvalue weighted by molar-refractivity contribution is 7.47. The lowest BCUT2D eigenvalue weighted by Gasteiger charge is -2.21. The Morgan fingerprint density at radius 2 is 0.538 bits per heavy atom. The highest BCUT2D eigenvalue weighted by Crippen LogP contribution is 2.45. The number of aliphatic hydroxyl groups is 1. The summed E-state index contributed by atoms with van der Waals surface area (Å²) in [4.78, 5) is 72.9. The van der Waals surface area contributed by atoms with E-state index in [-0.39, 0.29) is 25.7 Å². The summed E-state index contributed by atoms with van der Waals surface area (Å²) in [6.45, 7) is 4.32. The second-order valence-electron chi connectivity index (χ2n) is 25.5. The summed E-state index contributed by atoms with van der Waals surface area (Å²) in [5.74, 6) is -2.42. The minimum Gasteiger partial charge on any atom is -0.462 e. The quantitative estimate of drug-likeness (QED) is 0.0169. The van der Waals surface area contributed by atoms with Gasteiger partial charge in [0.1, 0.15) is 19.3 Å². The van der Waals surface area contributed by atoms with Crippen molar-refractivity contribution in [2.45, 2.75) is 303 Å². The van der Waals surface area contributed by atoms with Gasteiger partial charge in [0.25, 0.3) is 0 Å². The summed E-state index contributed by atoms with van der Waals surface area (Å²) in [7, 11) is -10.0. The predicted molar refractivity (Wildman–Crippen MR) is 426 cm³/mol. The first-order chi connectivity index (χ1) is 50.7. The van der Waals surface area contributed by atoms with Gasteiger partial charge in [0.2, 0.25) is 0 Å². The number of ether oxygens (including phenoxy) is 4. The van der Waals surface area contributed by atoms with E-state index in [2.05, 4.69) is 167 Å². The van der Waals surface area contributed by atoms with Crippen LogP contribution < -0.4 is 0 Å². The number of carbonyl (C=O) groups excluding carboxylic acids is 4. The fourth-order valence-corrected chi connectivity index (χ4v) is 11.4. The fourth-order valence-electron chi connectivity index (χ4n) is 9.84. The number of unbranched alkanes of at least 4 members (excludes halogenated alkanes) is 19. The summed E-state index contributed by atoms with van der Waals surface area (Å²) >= 11 is 0. The van der Waals surface area contributed by atoms with Crippen LogP contribution in [-0.4, -0.2) is 96.7 Å². The van der Waals surface area contributed by atoms with Crippen LogP contribution in [-0.2, 0) is 65.4 Å². The van der Waals surface area contributed by atoms with Crippen molar-refractivity contribution in [2.24, 2.45) is 0 Å². The maximum Gasteiger partial charge on any atom is 0.472 e. The van der Waals surface area contributed by atoms with E-state index in [0.717, 1.165) is 135 Å². The number of rotatable bonds is 72. The van der Waals surface area contributed by atoms with Crippen LogP contribution in [0.2, 0.25) is 0 Å². The zero-order valence-corrected chi connectivity index (χ0v) is 66.2. The third kappa shape index (κ3) is 74.7. The molecule has 17 nitrogen and oxygen atoms in total. The van der Waals surface area contributed by atoms with E-state index in [1.807, 2.05) is 24.3 Å². The van der Waals surface area contributed by atoms with Crippen molar-refractivity contribution in [1.29, 1.82) is 0 Å². The largest absolute Gasteiger partial charge is 0.472 e. The molecule has 590 valence electrons. The van der Waals surface area contributed by atoms with E-state index in [1.54, 1.807) is 6.08 Å². The Hall–Kier alpha value is -5.58. The van der Waals surface area contributed by atoms with Crippen LogP contribution in [0.4, 0.5) is 0 Å². The second kappa shape index (κ2) is 75.6. The van der Waals surface area contributed by atoms with Crippen molar-refractivity contribution in [2.75, 3.05) is 39.6 Å². The molecule has 0 aromatic carbocycles. The molecular formula is C85H138O17P2. The molecule has 3 N–H and O–H groups in total. The maximum atomic E-state index is 13.1. The van der Waals surface area contributed by atoms with E-state index >= 15 is 0 Å². The SMILES string of the molecule is CC/C=C\C/C=C\C/C=C\C/C=C\C/C=C\CCCCCC(=O)OCC(COP(=O)(O)OCC(O)COP(=O)(O)OCC(COC(=O)C/C=C\C/C=C\C/C=C\C/C=C\C/C=C\CC)OC(=O)CCCC/C=C\C/C=C\C/C=C\C/C=C\CC)OC(=O)CCCCCCCCCCCCCCCCC. The first kappa shape index (κ1) is 98.4. The standard InChI is InChI=1S/C85H138O17P2/c1-5-9-13-17-21-25-29-33-37-38-39-40-44-46-50-54-58-62-66-70-83(88)96-76-81(102-85(90)72-68-64-60-56-52-48-43-36-32-28-24-20-16-12-8-4)78-100-104(93,94)98-74-79(86)73-97-103(91,92)99-77-80(101-84(89)71-67-63-59-55-51-47-42-35-31-27-23-19-15-11-7-3)75-95-82(87)69-65-61-57-53-49-45-41-34-30-26-22-18-14-10-6-2/h9-11,13-15,21-23,25-27,33-35,37,39-42,46,49-51,53,55,61,65,79-81,86H,5-8,12,16-20,24,28-32,36,38,43-45,47-48,52,54,56-60,62-64,66-78H2,1-4H3,(H,91,92)(H,93,94)/b13-9-,14-10-,15-11-,25-21-,26-22-,27-23-,37-33-,40-39-,41-34-,42-35-,50-46-,53-49-,55-51-,65-61-. The normalized spacial score (nSPS) is 14.8. The van der Waals surface area contributed by atoms with Crippen molar-refractivity contribution in [3.05, 3.63) is 170 Å². The van der Waals surface area contributed by atoms with Gasteiger partial charge in [-0.2, -0.15) is 0 Å². The lowest BCUT2D eigenvalue weighted by Crippen LogP contribution is -2.30. The zero-order chi connectivity index (χ0) is 76.0. The molecule has 0 aliphatic carbocycles. The number of aliphatic hydroxyl groups excluding tert-OH is 1. The van der Waals surface area contributed by atoms with Crippen LogP contribution in [0.1, 0.15) is 285 Å². The Bertz CT molecular complexity index is 2640. The Morgan fingerprint density at radius 1 is 0.288 bits per heavy atom. The molecule has 5 unspecified atom stereocenters. The third-order valence-corrected chi connectivity index (χ3v) is 17.6. The number of phosphoric acid groups is 2. The van der Waals surface area contributed by atoms with Crippen molar-refractivity contribution in [3.8, 4) is 0 Å². The molecule has 19 heteroatoms. The highest BCUT2D eigenvalue weighted by atomic mass is 31.2. The first-order valence-electron chi connectivity index (χ1n) is 39.4. The Morgan fingerprint density at radius 3 is 0.875 bits per heavy atom. The van der Waals surface area contributed by atoms with Crippen molar-refractivity contribution in [1.82, 2.24) is 0 Å². The Labute approximate surface area is 629 Å². The van der Waals surface area contributed by atoms with Crippen LogP contribution in [0.15, 0.2) is 170 Å². The van der Waals surface area contributed by atoms with Gasteiger partial charge in [-0.05, 0) is 135 Å². The molecule has 0 bridgehead atoms. The smallest absolute Gasteiger partial charge is 0.462 e. The van der Waals surface area contributed by atoms with Gasteiger partial charge in [0.15, 0.2) is 12.2 Å². The summed E-state index contributed by atoms with van der Waals surface area (Å²) in [5, 5.41) is 10.6. The predicted octanol–water partition coefficient (Wildman–Crippen LogP) is 23.0. The number of carbonyl (C=O) groups is 4. The molecular weight excluding hydrogens is 1350 g/mol. The maximum absolute atomic E-state index is 13.1. The Balaban J connectivity index is 5.49. The molecule has 0 fully saturated rings. The monoisotopic (exact) mass is 1490 g/mol. The van der Waals surface area contributed by atoms with Gasteiger partial charge in [-0.1, -0.05) is 294 Å². The molecule has 5 atom stereocenters. The average Bonchev–Trinajstić information content (AvgIpc) is 0.918. The van der Waals surface area contributed by atoms with E-state index in [4.69, 9.17) is 37.0 Å². The first-order valence-corrected chi connectivity index (χ1v) is 42.4. The van der Waals surface area contributed by atoms with E-state index in [0.29, 0.717) is 32.1 Å². The molecule has 0 spiro atoms. The van der Waals surface area contributed by atoms with Crippen LogP contribution in [0, 0.1) is 0 Å². The fraction of sp³-hybridized carbons (Fsp3) is 0.624. The highest BCUT2D eigenvalue weighted by Gasteiger charge is 2.30. The van der Waals surface area contributed by atoms with Crippen molar-refractivity contribution < 1.29 is 80.2 Å². The number of esters is 4. The lowest BCUT2D eigenvalue weighted by atomic mass is 10.0. The van der Waals surface area contributed by atoms with Crippen LogP contribution in [0.25, 0.3) is 0 Å². The molecule has 0 saturated carbocycles. The van der Waals surface area contributed by atoms with Crippen molar-refractivity contribution in [3.63, 3.8) is 0 Å². The molecule has 0 aromatic heterocycles. The van der Waals surface area contributed by atoms with Crippen LogP contribution in [0.3, 0.4) is 0 Å². The van der Waals surface area contributed by atoms with E-state index < -0.39 is 97.5 Å². The summed E-state index contributed by atoms with van der Waals surface area (Å²) < 4.78 is 68.4. The molecule has 0 heterocycles. The summed E-state index contributed by atoms with van der Waals surface area (Å²) in [5.41, 5.74) is 0. The van der Waals surface area contributed by atoms with Gasteiger partial charge in [0, 0.05) is 19.3 Å². The zero-order valence-electron chi connectivity index (χ0n) is 64.4. The lowest BCUT2D eigenvalue weighted by molar-refractivity contribution is -0.161. The van der Waals surface area contributed by atoms with E-state index in [1.165, 1.54) is 64.2 Å². The van der Waals surface area contributed by atoms with Gasteiger partial charge >= 0.3 is 39.5 Å². The van der Waals surface area contributed by atoms with E-state index in [9.17, 15) is 43.2 Å². The van der Waals surface area contributed by atoms with Gasteiger partial charge in [-0.15, -0.1) is 0 Å². The number of phosphoric ester groups is 2. The molecule has 0 rings (SSSR count). The minimum atomic E-state index is -5.02. The number of hydrogen-bond acceptors (Lipinski definition) is 15. The second-order valence-corrected chi connectivity index (χ2v) is 28.4. The minimum absolute atomic E-state index is 0.0169. The molecule has 0 amide bonds. The molecule has 0 radical (unpaired) electrons. The topological polar surface area (TPSA) is 237 Å². The molecule has 0 saturated heterocycles. The van der Waals surface area contributed by atoms with Gasteiger partial charge in [-0.3, -0.25) is 37.3 Å². The van der Waals surface area contributed by atoms with Gasteiger partial charge < -0.3 is 33.8 Å². The Kier molecular flexibility index (Phi) is 71.6. The average molecular weight is 1490 g/mol. The van der Waals surface area contributed by atoms with Crippen LogP contribution >= 0.6 is 15.6 Å². The molecule has 0 aromatic rings. The van der Waals surface area contributed by atoms with Gasteiger partial charge in [-0.25, -0.2) is 9.13 Å². The van der Waals surface area contributed by atoms with Crippen molar-refractivity contribution >= 4 is 39.5 Å². The molecule has 0 aliphatic rings. The molecule has 0 aliphatic heterocycles. The summed E-state index contributed by atoms with van der Waals surface area (Å²) in [6, 6.07) is 0. The van der Waals surface area contributed by atoms with Crippen LogP contribution in [0.5, 0.6) is 0 Å². The third-order valence-electron chi connectivity index (χ3n) is 15.7.